The van der Waals surface area contributed by atoms with E-state index in [-0.39, 0.29) is 30.8 Å². The van der Waals surface area contributed by atoms with Crippen LogP contribution >= 0.6 is 0 Å². The summed E-state index contributed by atoms with van der Waals surface area (Å²) in [6.45, 7) is -0.302. The molecule has 0 heterocycles. The first kappa shape index (κ1) is 18.4. The summed E-state index contributed by atoms with van der Waals surface area (Å²) >= 11 is 0. The summed E-state index contributed by atoms with van der Waals surface area (Å²) in [5.41, 5.74) is 0.467. The molecule has 3 aromatic rings. The van der Waals surface area contributed by atoms with Crippen molar-refractivity contribution in [3.8, 4) is 5.75 Å². The molecular formula is C21H19FN2O3. The highest BCUT2D eigenvalue weighted by molar-refractivity contribution is 5.94. The van der Waals surface area contributed by atoms with Gasteiger partial charge in [-0.15, -0.1) is 0 Å². The topological polar surface area (TPSA) is 58.6 Å². The van der Waals surface area contributed by atoms with E-state index in [1.807, 2.05) is 36.4 Å². The number of halogens is 1. The molecule has 0 spiro atoms. The van der Waals surface area contributed by atoms with E-state index in [9.17, 15) is 14.0 Å². The van der Waals surface area contributed by atoms with Crippen molar-refractivity contribution in [2.24, 2.45) is 0 Å². The Hall–Kier alpha value is -3.41. The molecule has 0 unspecified atom stereocenters. The first-order chi connectivity index (χ1) is 13.0. The Morgan fingerprint density at radius 2 is 1.70 bits per heavy atom. The van der Waals surface area contributed by atoms with E-state index in [0.717, 1.165) is 10.8 Å². The summed E-state index contributed by atoms with van der Waals surface area (Å²) in [4.78, 5) is 25.6. The second-order valence-electron chi connectivity index (χ2n) is 6.07. The summed E-state index contributed by atoms with van der Waals surface area (Å²) in [5, 5.41) is 4.56. The van der Waals surface area contributed by atoms with E-state index in [4.69, 9.17) is 4.74 Å². The molecule has 2 amide bonds. The number of benzene rings is 3. The monoisotopic (exact) mass is 366 g/mol. The first-order valence-electron chi connectivity index (χ1n) is 8.43. The van der Waals surface area contributed by atoms with Gasteiger partial charge in [0.25, 0.3) is 5.91 Å². The third-order valence-electron chi connectivity index (χ3n) is 4.04. The molecule has 5 nitrogen and oxygen atoms in total. The van der Waals surface area contributed by atoms with Gasteiger partial charge in [0.1, 0.15) is 11.6 Å². The minimum Gasteiger partial charge on any atom is -0.483 e. The Bertz CT molecular complexity index is 952. The molecule has 27 heavy (non-hydrogen) atoms. The molecule has 0 fully saturated rings. The quantitative estimate of drug-likeness (QED) is 0.727. The Morgan fingerprint density at radius 1 is 1.00 bits per heavy atom. The zero-order valence-corrected chi connectivity index (χ0v) is 14.8. The van der Waals surface area contributed by atoms with Crippen LogP contribution in [0.3, 0.4) is 0 Å². The Labute approximate surface area is 156 Å². The molecular weight excluding hydrogens is 347 g/mol. The van der Waals surface area contributed by atoms with Gasteiger partial charge in [0.15, 0.2) is 6.61 Å². The van der Waals surface area contributed by atoms with Crippen LogP contribution in [0, 0.1) is 5.82 Å². The number of carbonyl (C=O) groups is 2. The predicted molar refractivity (Wildman–Crippen MR) is 102 cm³/mol. The van der Waals surface area contributed by atoms with Crippen LogP contribution in [0.25, 0.3) is 10.8 Å². The third kappa shape index (κ3) is 4.82. The highest BCUT2D eigenvalue weighted by Crippen LogP contribution is 2.25. The van der Waals surface area contributed by atoms with E-state index in [1.165, 1.54) is 36.2 Å². The number of fused-ring (bicyclic) bond motifs is 1. The number of hydrogen-bond acceptors (Lipinski definition) is 3. The van der Waals surface area contributed by atoms with Gasteiger partial charge in [-0.2, -0.15) is 0 Å². The van der Waals surface area contributed by atoms with E-state index in [0.29, 0.717) is 11.4 Å². The fourth-order valence-corrected chi connectivity index (χ4v) is 2.61. The Kier molecular flexibility index (Phi) is 5.66. The number of carbonyl (C=O) groups excluding carboxylic acids is 2. The lowest BCUT2D eigenvalue weighted by Crippen LogP contribution is -2.37. The number of anilines is 1. The number of rotatable bonds is 6. The minimum absolute atomic E-state index is 0.130. The molecule has 3 rings (SSSR count). The molecule has 0 atom stereocenters. The molecule has 0 saturated carbocycles. The van der Waals surface area contributed by atoms with Crippen LogP contribution in [0.1, 0.15) is 0 Å². The Balaban J connectivity index is 1.54. The van der Waals surface area contributed by atoms with Crippen molar-refractivity contribution < 1.29 is 18.7 Å². The van der Waals surface area contributed by atoms with E-state index >= 15 is 0 Å². The van der Waals surface area contributed by atoms with E-state index < -0.39 is 0 Å². The lowest BCUT2D eigenvalue weighted by molar-refractivity contribution is -0.135. The summed E-state index contributed by atoms with van der Waals surface area (Å²) < 4.78 is 18.5. The second-order valence-corrected chi connectivity index (χ2v) is 6.07. The lowest BCUT2D eigenvalue weighted by Gasteiger charge is -2.17. The van der Waals surface area contributed by atoms with Crippen LogP contribution in [0.4, 0.5) is 10.1 Å². The van der Waals surface area contributed by atoms with Gasteiger partial charge in [0, 0.05) is 18.1 Å². The average Bonchev–Trinajstić information content (AvgIpc) is 2.67. The van der Waals surface area contributed by atoms with Crippen LogP contribution in [0.15, 0.2) is 66.7 Å². The standard InChI is InChI=1S/C21H19FN2O3/c1-24(13-20(25)23-17-11-9-16(22)10-12-17)21(26)14-27-19-8-4-6-15-5-2-3-7-18(15)19/h2-12H,13-14H2,1H3,(H,23,25). The van der Waals surface area contributed by atoms with Crippen LogP contribution in [0.5, 0.6) is 5.75 Å². The molecule has 0 aliphatic carbocycles. The van der Waals surface area contributed by atoms with Gasteiger partial charge < -0.3 is 15.0 Å². The molecule has 1 N–H and O–H groups in total. The largest absolute Gasteiger partial charge is 0.483 e. The second kappa shape index (κ2) is 8.31. The minimum atomic E-state index is -0.383. The number of nitrogens with zero attached hydrogens (tertiary/aromatic N) is 1. The zero-order valence-electron chi connectivity index (χ0n) is 14.8. The van der Waals surface area contributed by atoms with Gasteiger partial charge in [0.2, 0.25) is 5.91 Å². The van der Waals surface area contributed by atoms with Crippen molar-refractivity contribution in [3.63, 3.8) is 0 Å². The van der Waals surface area contributed by atoms with Crippen molar-refractivity contribution in [1.82, 2.24) is 4.90 Å². The average molecular weight is 366 g/mol. The van der Waals surface area contributed by atoms with Crippen LogP contribution < -0.4 is 10.1 Å². The summed E-state index contributed by atoms with van der Waals surface area (Å²) in [6.07, 6.45) is 0. The van der Waals surface area contributed by atoms with Crippen molar-refractivity contribution in [3.05, 3.63) is 72.5 Å². The van der Waals surface area contributed by atoms with Crippen LogP contribution in [0.2, 0.25) is 0 Å². The van der Waals surface area contributed by atoms with E-state index in [2.05, 4.69) is 5.32 Å². The van der Waals surface area contributed by atoms with Crippen LogP contribution in [-0.4, -0.2) is 36.9 Å². The third-order valence-corrected chi connectivity index (χ3v) is 4.04. The molecule has 0 aliphatic rings. The SMILES string of the molecule is CN(CC(=O)Nc1ccc(F)cc1)C(=O)COc1cccc2ccccc12. The fourth-order valence-electron chi connectivity index (χ4n) is 2.61. The normalized spacial score (nSPS) is 10.4. The molecule has 3 aromatic carbocycles. The van der Waals surface area contributed by atoms with Gasteiger partial charge in [-0.3, -0.25) is 9.59 Å². The predicted octanol–water partition coefficient (Wildman–Crippen LogP) is 3.45. The van der Waals surface area contributed by atoms with Crippen molar-refractivity contribution in [2.45, 2.75) is 0 Å². The molecule has 0 bridgehead atoms. The van der Waals surface area contributed by atoms with Gasteiger partial charge in [-0.05, 0) is 35.7 Å². The maximum atomic E-state index is 12.9. The number of nitrogens with one attached hydrogen (secondary N) is 1. The number of amides is 2. The first-order valence-corrected chi connectivity index (χ1v) is 8.43. The molecule has 138 valence electrons. The van der Waals surface area contributed by atoms with Gasteiger partial charge >= 0.3 is 0 Å². The van der Waals surface area contributed by atoms with Gasteiger partial charge in [0.05, 0.1) is 6.54 Å². The molecule has 0 saturated heterocycles. The fraction of sp³-hybridized carbons (Fsp3) is 0.143. The molecule has 0 radical (unpaired) electrons. The number of hydrogen-bond donors (Lipinski definition) is 1. The van der Waals surface area contributed by atoms with Crippen molar-refractivity contribution in [1.29, 1.82) is 0 Å². The number of likely N-dealkylation sites (N-methyl/N-ethyl adjacent to an activating group) is 1. The highest BCUT2D eigenvalue weighted by Gasteiger charge is 2.14. The molecule has 0 aromatic heterocycles. The van der Waals surface area contributed by atoms with Crippen LogP contribution in [-0.2, 0) is 9.59 Å². The van der Waals surface area contributed by atoms with Crippen molar-refractivity contribution in [2.75, 3.05) is 25.5 Å². The lowest BCUT2D eigenvalue weighted by atomic mass is 10.1. The van der Waals surface area contributed by atoms with Gasteiger partial charge in [-0.25, -0.2) is 4.39 Å². The summed E-state index contributed by atoms with van der Waals surface area (Å²) in [5.74, 6) is -0.462. The maximum Gasteiger partial charge on any atom is 0.260 e. The zero-order chi connectivity index (χ0) is 19.2. The van der Waals surface area contributed by atoms with Crippen molar-refractivity contribution >= 4 is 28.3 Å². The Morgan fingerprint density at radius 3 is 2.48 bits per heavy atom. The maximum absolute atomic E-state index is 12.9. The summed E-state index contributed by atoms with van der Waals surface area (Å²) in [7, 11) is 1.53. The highest BCUT2D eigenvalue weighted by atomic mass is 19.1. The number of ether oxygens (including phenoxy) is 1. The van der Waals surface area contributed by atoms with E-state index in [1.54, 1.807) is 6.07 Å². The molecule has 0 aliphatic heterocycles. The summed E-state index contributed by atoms with van der Waals surface area (Å²) in [6, 6.07) is 18.8. The van der Waals surface area contributed by atoms with Gasteiger partial charge in [-0.1, -0.05) is 36.4 Å². The smallest absolute Gasteiger partial charge is 0.260 e. The molecule has 6 heteroatoms.